The normalized spacial score (nSPS) is 10.7. The number of nitro groups is 1. The minimum absolute atomic E-state index is 0.112. The molecular formula is C18H17N5O5. The van der Waals surface area contributed by atoms with Crippen molar-refractivity contribution in [2.75, 3.05) is 10.6 Å². The van der Waals surface area contributed by atoms with Crippen molar-refractivity contribution < 1.29 is 19.3 Å². The second-order valence-corrected chi connectivity index (χ2v) is 5.66. The number of rotatable bonds is 5. The van der Waals surface area contributed by atoms with Crippen LogP contribution in [0.4, 0.5) is 17.1 Å². The minimum Gasteiger partial charge on any atom is -0.326 e. The van der Waals surface area contributed by atoms with E-state index in [2.05, 4.69) is 21.2 Å². The van der Waals surface area contributed by atoms with E-state index in [1.165, 1.54) is 44.2 Å². The summed E-state index contributed by atoms with van der Waals surface area (Å²) >= 11 is 0. The molecule has 2 aromatic carbocycles. The number of hydrogen-bond donors (Lipinski definition) is 3. The van der Waals surface area contributed by atoms with Gasteiger partial charge in [-0.25, -0.2) is 5.43 Å². The lowest BCUT2D eigenvalue weighted by molar-refractivity contribution is -0.384. The molecule has 10 nitrogen and oxygen atoms in total. The maximum atomic E-state index is 11.9. The van der Waals surface area contributed by atoms with Crippen molar-refractivity contribution in [1.82, 2.24) is 5.43 Å². The smallest absolute Gasteiger partial charge is 0.326 e. The van der Waals surface area contributed by atoms with Crippen molar-refractivity contribution in [2.24, 2.45) is 5.10 Å². The first-order valence-electron chi connectivity index (χ1n) is 8.04. The van der Waals surface area contributed by atoms with Gasteiger partial charge in [0.2, 0.25) is 5.91 Å². The molecule has 0 saturated heterocycles. The van der Waals surface area contributed by atoms with Gasteiger partial charge in [0.15, 0.2) is 0 Å². The van der Waals surface area contributed by atoms with E-state index in [1.54, 1.807) is 18.2 Å². The van der Waals surface area contributed by atoms with E-state index in [-0.39, 0.29) is 11.6 Å². The van der Waals surface area contributed by atoms with Gasteiger partial charge in [0, 0.05) is 36.0 Å². The summed E-state index contributed by atoms with van der Waals surface area (Å²) in [6.45, 7) is 2.91. The van der Waals surface area contributed by atoms with Crippen LogP contribution >= 0.6 is 0 Å². The Balaban J connectivity index is 1.97. The van der Waals surface area contributed by atoms with Crippen LogP contribution in [0.15, 0.2) is 53.6 Å². The Kier molecular flexibility index (Phi) is 6.53. The molecule has 0 fully saturated rings. The average Bonchev–Trinajstić information content (AvgIpc) is 2.66. The van der Waals surface area contributed by atoms with E-state index in [0.717, 1.165) is 0 Å². The third-order valence-electron chi connectivity index (χ3n) is 3.47. The summed E-state index contributed by atoms with van der Waals surface area (Å²) in [6, 6.07) is 11.9. The van der Waals surface area contributed by atoms with Crippen LogP contribution in [0, 0.1) is 10.1 Å². The number of carbonyl (C=O) groups excluding carboxylic acids is 3. The Morgan fingerprint density at radius 1 is 0.929 bits per heavy atom. The van der Waals surface area contributed by atoms with Gasteiger partial charge >= 0.3 is 11.8 Å². The summed E-state index contributed by atoms with van der Waals surface area (Å²) < 4.78 is 0. The molecule has 0 aromatic heterocycles. The van der Waals surface area contributed by atoms with E-state index < -0.39 is 16.7 Å². The average molecular weight is 383 g/mol. The summed E-state index contributed by atoms with van der Waals surface area (Å²) in [6.07, 6.45) is 0. The molecule has 3 amide bonds. The SMILES string of the molecule is CC(=O)Nc1ccc(NC(=O)C(=O)N/N=C(\C)c2cccc([N+](=O)[O-])c2)cc1. The van der Waals surface area contributed by atoms with Gasteiger partial charge in [-0.2, -0.15) is 5.10 Å². The number of nitrogens with one attached hydrogen (secondary N) is 3. The molecule has 0 bridgehead atoms. The summed E-state index contributed by atoms with van der Waals surface area (Å²) in [5.41, 5.74) is 3.62. The van der Waals surface area contributed by atoms with Crippen molar-refractivity contribution in [3.05, 3.63) is 64.2 Å². The highest BCUT2D eigenvalue weighted by Crippen LogP contribution is 2.14. The van der Waals surface area contributed by atoms with E-state index in [4.69, 9.17) is 0 Å². The molecule has 0 unspecified atom stereocenters. The van der Waals surface area contributed by atoms with Gasteiger partial charge in [-0.05, 0) is 31.2 Å². The Morgan fingerprint density at radius 2 is 1.54 bits per heavy atom. The second kappa shape index (κ2) is 9.03. The molecule has 0 saturated carbocycles. The zero-order chi connectivity index (χ0) is 20.7. The van der Waals surface area contributed by atoms with Gasteiger partial charge in [-0.15, -0.1) is 0 Å². The quantitative estimate of drug-likeness (QED) is 0.313. The lowest BCUT2D eigenvalue weighted by atomic mass is 10.1. The van der Waals surface area contributed by atoms with Crippen LogP contribution in [0.25, 0.3) is 0 Å². The Hall–Kier alpha value is -4.08. The molecule has 144 valence electrons. The molecule has 0 heterocycles. The summed E-state index contributed by atoms with van der Waals surface area (Å²) in [5, 5.41) is 19.6. The minimum atomic E-state index is -1.00. The molecule has 0 aliphatic carbocycles. The van der Waals surface area contributed by atoms with Crippen LogP contribution < -0.4 is 16.1 Å². The van der Waals surface area contributed by atoms with Crippen molar-refractivity contribution in [2.45, 2.75) is 13.8 Å². The third-order valence-corrected chi connectivity index (χ3v) is 3.47. The molecule has 10 heteroatoms. The second-order valence-electron chi connectivity index (χ2n) is 5.66. The van der Waals surface area contributed by atoms with Gasteiger partial charge in [-0.3, -0.25) is 24.5 Å². The standard InChI is InChI=1S/C18H17N5O5/c1-11(13-4-3-5-16(10-13)23(27)28)21-22-18(26)17(25)20-15-8-6-14(7-9-15)19-12(2)24/h3-10H,1-2H3,(H,19,24)(H,20,25)(H,22,26)/b21-11+. The molecule has 2 aromatic rings. The van der Waals surface area contributed by atoms with E-state index >= 15 is 0 Å². The molecule has 3 N–H and O–H groups in total. The number of benzene rings is 2. The first-order chi connectivity index (χ1) is 13.3. The number of nitrogens with zero attached hydrogens (tertiary/aromatic N) is 2. The highest BCUT2D eigenvalue weighted by Gasteiger charge is 2.14. The van der Waals surface area contributed by atoms with Crippen LogP contribution in [0.2, 0.25) is 0 Å². The van der Waals surface area contributed by atoms with E-state index in [0.29, 0.717) is 22.6 Å². The Morgan fingerprint density at radius 3 is 2.11 bits per heavy atom. The van der Waals surface area contributed by atoms with Gasteiger partial charge in [-0.1, -0.05) is 12.1 Å². The van der Waals surface area contributed by atoms with Crippen LogP contribution in [0.3, 0.4) is 0 Å². The fourth-order valence-electron chi connectivity index (χ4n) is 2.12. The number of anilines is 2. The summed E-state index contributed by atoms with van der Waals surface area (Å²) in [7, 11) is 0. The largest absolute Gasteiger partial charge is 0.329 e. The van der Waals surface area contributed by atoms with Gasteiger partial charge in [0.1, 0.15) is 0 Å². The molecule has 2 rings (SSSR count). The van der Waals surface area contributed by atoms with Crippen LogP contribution in [0.1, 0.15) is 19.4 Å². The molecule has 0 spiro atoms. The van der Waals surface area contributed by atoms with Crippen LogP contribution in [-0.2, 0) is 14.4 Å². The molecule has 0 radical (unpaired) electrons. The van der Waals surface area contributed by atoms with Gasteiger partial charge in [0.05, 0.1) is 10.6 Å². The van der Waals surface area contributed by atoms with Crippen LogP contribution in [-0.4, -0.2) is 28.4 Å². The summed E-state index contributed by atoms with van der Waals surface area (Å²) in [5.74, 6) is -2.17. The number of non-ortho nitro benzene ring substituents is 1. The zero-order valence-electron chi connectivity index (χ0n) is 15.1. The number of carbonyl (C=O) groups is 3. The highest BCUT2D eigenvalue weighted by molar-refractivity contribution is 6.39. The number of nitro benzene ring substituents is 1. The number of amides is 3. The van der Waals surface area contributed by atoms with Crippen molar-refractivity contribution in [3.8, 4) is 0 Å². The monoisotopic (exact) mass is 383 g/mol. The fourth-order valence-corrected chi connectivity index (χ4v) is 2.12. The predicted octanol–water partition coefficient (Wildman–Crippen LogP) is 2.03. The van der Waals surface area contributed by atoms with Crippen molar-refractivity contribution in [1.29, 1.82) is 0 Å². The molecule has 28 heavy (non-hydrogen) atoms. The van der Waals surface area contributed by atoms with E-state index in [1.807, 2.05) is 0 Å². The van der Waals surface area contributed by atoms with Crippen molar-refractivity contribution in [3.63, 3.8) is 0 Å². The van der Waals surface area contributed by atoms with Gasteiger partial charge < -0.3 is 10.6 Å². The number of hydrazone groups is 1. The highest BCUT2D eigenvalue weighted by atomic mass is 16.6. The maximum Gasteiger partial charge on any atom is 0.329 e. The Bertz CT molecular complexity index is 953. The first kappa shape index (κ1) is 20.2. The first-order valence-corrected chi connectivity index (χ1v) is 8.04. The van der Waals surface area contributed by atoms with Gasteiger partial charge in [0.25, 0.3) is 5.69 Å². The molecule has 0 aliphatic heterocycles. The lowest BCUT2D eigenvalue weighted by Crippen LogP contribution is -2.32. The van der Waals surface area contributed by atoms with Crippen LogP contribution in [0.5, 0.6) is 0 Å². The predicted molar refractivity (Wildman–Crippen MR) is 103 cm³/mol. The molecule has 0 atom stereocenters. The molecular weight excluding hydrogens is 366 g/mol. The zero-order valence-corrected chi connectivity index (χ0v) is 15.1. The van der Waals surface area contributed by atoms with Crippen molar-refractivity contribution >= 4 is 40.5 Å². The lowest BCUT2D eigenvalue weighted by Gasteiger charge is -2.06. The third kappa shape index (κ3) is 5.73. The fraction of sp³-hybridized carbons (Fsp3) is 0.111. The number of hydrogen-bond acceptors (Lipinski definition) is 6. The summed E-state index contributed by atoms with van der Waals surface area (Å²) in [4.78, 5) is 45.0. The van der Waals surface area contributed by atoms with E-state index in [9.17, 15) is 24.5 Å². The Labute approximate surface area is 159 Å². The molecule has 0 aliphatic rings. The topological polar surface area (TPSA) is 143 Å². The maximum absolute atomic E-state index is 11.9.